The fourth-order valence-corrected chi connectivity index (χ4v) is 2.64. The lowest BCUT2D eigenvalue weighted by Crippen LogP contribution is -1.97. The van der Waals surface area contributed by atoms with Crippen molar-refractivity contribution in [3.05, 3.63) is 72.3 Å². The van der Waals surface area contributed by atoms with E-state index in [9.17, 15) is 5.26 Å². The van der Waals surface area contributed by atoms with Crippen LogP contribution < -0.4 is 0 Å². The first-order valence-electron chi connectivity index (χ1n) is 7.26. The highest BCUT2D eigenvalue weighted by Gasteiger charge is 2.08. The van der Waals surface area contributed by atoms with E-state index in [0.29, 0.717) is 5.70 Å². The van der Waals surface area contributed by atoms with Crippen LogP contribution in [0.3, 0.4) is 0 Å². The Morgan fingerprint density at radius 1 is 0.957 bits per heavy atom. The number of hydrogen-bond acceptors (Lipinski definition) is 3. The van der Waals surface area contributed by atoms with Gasteiger partial charge in [-0.2, -0.15) is 5.26 Å². The maximum Gasteiger partial charge on any atom is 0.145 e. The van der Waals surface area contributed by atoms with Crippen molar-refractivity contribution in [3.8, 4) is 6.07 Å². The Balaban J connectivity index is 1.85. The van der Waals surface area contributed by atoms with Gasteiger partial charge in [-0.3, -0.25) is 0 Å². The average molecular weight is 296 g/mol. The Labute approximate surface area is 132 Å². The number of nitrogens with zero attached hydrogens (tertiary/aromatic N) is 4. The third kappa shape index (κ3) is 2.34. The number of para-hydroxylation sites is 1. The van der Waals surface area contributed by atoms with Gasteiger partial charge in [-0.15, -0.1) is 5.10 Å². The Bertz CT molecular complexity index is 1080. The van der Waals surface area contributed by atoms with Gasteiger partial charge in [-0.25, -0.2) is 4.68 Å². The quantitative estimate of drug-likeness (QED) is 0.523. The van der Waals surface area contributed by atoms with Crippen molar-refractivity contribution < 1.29 is 0 Å². The summed E-state index contributed by atoms with van der Waals surface area (Å²) < 4.78 is 1.57. The molecule has 0 unspecified atom stereocenters. The summed E-state index contributed by atoms with van der Waals surface area (Å²) >= 11 is 0. The molecule has 4 rings (SSSR count). The number of benzene rings is 3. The van der Waals surface area contributed by atoms with E-state index in [1.165, 1.54) is 5.39 Å². The van der Waals surface area contributed by atoms with Gasteiger partial charge in [-0.1, -0.05) is 53.7 Å². The molecule has 0 aliphatic rings. The van der Waals surface area contributed by atoms with Gasteiger partial charge in [0.1, 0.15) is 17.3 Å². The highest BCUT2D eigenvalue weighted by Crippen LogP contribution is 2.20. The molecule has 0 fully saturated rings. The molecule has 23 heavy (non-hydrogen) atoms. The van der Waals surface area contributed by atoms with Gasteiger partial charge in [0.2, 0.25) is 0 Å². The van der Waals surface area contributed by atoms with Gasteiger partial charge in [0, 0.05) is 0 Å². The maximum absolute atomic E-state index is 9.52. The summed E-state index contributed by atoms with van der Waals surface area (Å²) in [5.74, 6) is 0. The maximum atomic E-state index is 9.52. The van der Waals surface area contributed by atoms with E-state index in [1.54, 1.807) is 4.68 Å². The molecule has 0 amide bonds. The number of nitriles is 1. The number of hydrogen-bond donors (Lipinski definition) is 0. The van der Waals surface area contributed by atoms with Crippen molar-refractivity contribution >= 4 is 33.6 Å². The third-order valence-corrected chi connectivity index (χ3v) is 3.77. The monoisotopic (exact) mass is 296 g/mol. The second kappa shape index (κ2) is 5.39. The number of allylic oxidation sites excluding steroid dienone is 1. The number of aromatic nitrogens is 3. The standard InChI is InChI=1S/C19H12N4/c20-13-17(23-19-8-4-3-7-18(19)21-22-23)12-14-9-10-15-5-1-2-6-16(15)11-14/h1-12H/b17-12-. The van der Waals surface area contributed by atoms with Gasteiger partial charge in [0.15, 0.2) is 0 Å². The van der Waals surface area contributed by atoms with Crippen LogP contribution in [0, 0.1) is 11.3 Å². The normalized spacial score (nSPS) is 11.7. The lowest BCUT2D eigenvalue weighted by atomic mass is 10.1. The molecule has 0 atom stereocenters. The predicted molar refractivity (Wildman–Crippen MR) is 91.3 cm³/mol. The van der Waals surface area contributed by atoms with Crippen molar-refractivity contribution in [1.82, 2.24) is 15.0 Å². The minimum absolute atomic E-state index is 0.439. The van der Waals surface area contributed by atoms with Crippen molar-refractivity contribution in [2.24, 2.45) is 0 Å². The molecule has 3 aromatic carbocycles. The third-order valence-electron chi connectivity index (χ3n) is 3.77. The van der Waals surface area contributed by atoms with Gasteiger partial charge in [-0.05, 0) is 40.6 Å². The average Bonchev–Trinajstić information content (AvgIpc) is 3.03. The Morgan fingerprint density at radius 3 is 2.61 bits per heavy atom. The van der Waals surface area contributed by atoms with E-state index < -0.39 is 0 Å². The first kappa shape index (κ1) is 13.2. The lowest BCUT2D eigenvalue weighted by molar-refractivity contribution is 0.848. The molecule has 4 aromatic rings. The molecule has 0 aliphatic carbocycles. The van der Waals surface area contributed by atoms with E-state index >= 15 is 0 Å². The van der Waals surface area contributed by atoms with E-state index in [4.69, 9.17) is 0 Å². The minimum Gasteiger partial charge on any atom is -0.202 e. The molecular weight excluding hydrogens is 284 g/mol. The largest absolute Gasteiger partial charge is 0.202 e. The van der Waals surface area contributed by atoms with Crippen molar-refractivity contribution in [2.75, 3.05) is 0 Å². The van der Waals surface area contributed by atoms with Crippen molar-refractivity contribution in [1.29, 1.82) is 5.26 Å². The first-order valence-corrected chi connectivity index (χ1v) is 7.26. The minimum atomic E-state index is 0.439. The zero-order valence-corrected chi connectivity index (χ0v) is 12.2. The molecule has 0 aliphatic heterocycles. The van der Waals surface area contributed by atoms with Crippen LogP contribution in [0.1, 0.15) is 5.56 Å². The predicted octanol–water partition coefficient (Wildman–Crippen LogP) is 4.11. The van der Waals surface area contributed by atoms with E-state index in [0.717, 1.165) is 22.0 Å². The van der Waals surface area contributed by atoms with Crippen LogP contribution in [0.25, 0.3) is 33.6 Å². The number of rotatable bonds is 2. The second-order valence-corrected chi connectivity index (χ2v) is 5.24. The van der Waals surface area contributed by atoms with Crippen LogP contribution in [0.15, 0.2) is 66.7 Å². The zero-order chi connectivity index (χ0) is 15.6. The van der Waals surface area contributed by atoms with Crippen molar-refractivity contribution in [3.63, 3.8) is 0 Å². The molecular formula is C19H12N4. The molecule has 0 saturated heterocycles. The second-order valence-electron chi connectivity index (χ2n) is 5.24. The lowest BCUT2D eigenvalue weighted by Gasteiger charge is -2.02. The Kier molecular flexibility index (Phi) is 3.10. The summed E-state index contributed by atoms with van der Waals surface area (Å²) in [5, 5.41) is 20.0. The SMILES string of the molecule is N#C/C(=C/c1ccc2ccccc2c1)n1nnc2ccccc21. The fraction of sp³-hybridized carbons (Fsp3) is 0. The first-order chi connectivity index (χ1) is 11.3. The summed E-state index contributed by atoms with van der Waals surface area (Å²) in [6, 6.07) is 24.1. The zero-order valence-electron chi connectivity index (χ0n) is 12.2. The molecule has 0 N–H and O–H groups in total. The van der Waals surface area contributed by atoms with Gasteiger partial charge < -0.3 is 0 Å². The molecule has 108 valence electrons. The van der Waals surface area contributed by atoms with Gasteiger partial charge in [0.25, 0.3) is 0 Å². The molecule has 4 nitrogen and oxygen atoms in total. The van der Waals surface area contributed by atoms with E-state index in [2.05, 4.69) is 40.6 Å². The van der Waals surface area contributed by atoms with Gasteiger partial charge in [0.05, 0.1) is 5.52 Å². The highest BCUT2D eigenvalue weighted by molar-refractivity contribution is 5.90. The van der Waals surface area contributed by atoms with Crippen LogP contribution in [-0.2, 0) is 0 Å². The van der Waals surface area contributed by atoms with Crippen LogP contribution in [0.4, 0.5) is 0 Å². The summed E-state index contributed by atoms with van der Waals surface area (Å²) in [4.78, 5) is 0. The van der Waals surface area contributed by atoms with Crippen LogP contribution >= 0.6 is 0 Å². The topological polar surface area (TPSA) is 54.5 Å². The molecule has 0 spiro atoms. The summed E-state index contributed by atoms with van der Waals surface area (Å²) in [6.07, 6.45) is 1.83. The van der Waals surface area contributed by atoms with Gasteiger partial charge >= 0.3 is 0 Å². The molecule has 4 heteroatoms. The summed E-state index contributed by atoms with van der Waals surface area (Å²) in [5.41, 5.74) is 2.99. The number of fused-ring (bicyclic) bond motifs is 2. The van der Waals surface area contributed by atoms with Crippen LogP contribution in [0.5, 0.6) is 0 Å². The van der Waals surface area contributed by atoms with E-state index in [-0.39, 0.29) is 0 Å². The fourth-order valence-electron chi connectivity index (χ4n) is 2.64. The van der Waals surface area contributed by atoms with Crippen LogP contribution in [0.2, 0.25) is 0 Å². The smallest absolute Gasteiger partial charge is 0.145 e. The molecule has 0 bridgehead atoms. The Hall–Kier alpha value is -3.45. The highest BCUT2D eigenvalue weighted by atomic mass is 15.4. The van der Waals surface area contributed by atoms with Crippen LogP contribution in [-0.4, -0.2) is 15.0 Å². The van der Waals surface area contributed by atoms with Crippen molar-refractivity contribution in [2.45, 2.75) is 0 Å². The summed E-state index contributed by atoms with van der Waals surface area (Å²) in [7, 11) is 0. The summed E-state index contributed by atoms with van der Waals surface area (Å²) in [6.45, 7) is 0. The molecule has 0 radical (unpaired) electrons. The Morgan fingerprint density at radius 2 is 1.74 bits per heavy atom. The molecule has 1 heterocycles. The molecule has 1 aromatic heterocycles. The molecule has 0 saturated carbocycles. The van der Waals surface area contributed by atoms with E-state index in [1.807, 2.05) is 48.5 Å².